The highest BCUT2D eigenvalue weighted by Crippen LogP contribution is 2.49. The number of pyridine rings is 1. The molecule has 3 atom stereocenters. The van der Waals surface area contributed by atoms with Crippen LogP contribution in [0.25, 0.3) is 6.08 Å². The molecule has 3 aliphatic rings. The van der Waals surface area contributed by atoms with Gasteiger partial charge in [-0.1, -0.05) is 18.2 Å². The van der Waals surface area contributed by atoms with Crippen molar-refractivity contribution in [2.45, 2.75) is 25.2 Å². The Kier molecular flexibility index (Phi) is 4.91. The van der Waals surface area contributed by atoms with E-state index >= 15 is 0 Å². The highest BCUT2D eigenvalue weighted by atomic mass is 19.4. The van der Waals surface area contributed by atoms with Gasteiger partial charge in [-0.2, -0.15) is 13.2 Å². The average Bonchev–Trinajstić information content (AvgIpc) is 3.13. The van der Waals surface area contributed by atoms with E-state index in [1.54, 1.807) is 29.1 Å². The number of halogens is 3. The summed E-state index contributed by atoms with van der Waals surface area (Å²) in [4.78, 5) is 37.1. The number of alkyl halides is 3. The monoisotopic (exact) mass is 457 g/mol. The molecule has 7 nitrogen and oxygen atoms in total. The van der Waals surface area contributed by atoms with Crippen LogP contribution in [-0.2, 0) is 19.1 Å². The van der Waals surface area contributed by atoms with Crippen molar-refractivity contribution in [2.75, 3.05) is 25.0 Å². The molecule has 0 N–H and O–H groups in total. The van der Waals surface area contributed by atoms with Crippen LogP contribution in [-0.4, -0.2) is 51.5 Å². The lowest BCUT2D eigenvalue weighted by atomic mass is 10.1. The quantitative estimate of drug-likeness (QED) is 0.646. The Morgan fingerprint density at radius 3 is 2.73 bits per heavy atom. The van der Waals surface area contributed by atoms with E-state index < -0.39 is 11.9 Å². The third kappa shape index (κ3) is 3.53. The van der Waals surface area contributed by atoms with Crippen molar-refractivity contribution in [1.82, 2.24) is 19.4 Å². The van der Waals surface area contributed by atoms with Crippen LogP contribution >= 0.6 is 0 Å². The lowest BCUT2D eigenvalue weighted by Crippen LogP contribution is -2.38. The van der Waals surface area contributed by atoms with E-state index in [9.17, 15) is 22.8 Å². The highest BCUT2D eigenvalue weighted by Gasteiger charge is 2.59. The maximum Gasteiger partial charge on any atom is 0.433 e. The number of carbonyl (C=O) groups is 1. The summed E-state index contributed by atoms with van der Waals surface area (Å²) in [6, 6.07) is 0.842. The van der Waals surface area contributed by atoms with Gasteiger partial charge in [-0.15, -0.1) is 6.58 Å². The molecular weight excluding hydrogens is 435 g/mol. The molecule has 2 aliphatic carbocycles. The minimum absolute atomic E-state index is 0.0136. The van der Waals surface area contributed by atoms with Gasteiger partial charge in [0.05, 0.1) is 5.56 Å². The first-order valence-electron chi connectivity index (χ1n) is 10.7. The van der Waals surface area contributed by atoms with E-state index in [2.05, 4.69) is 16.5 Å². The van der Waals surface area contributed by atoms with Crippen LogP contribution in [0.3, 0.4) is 0 Å². The number of hydrogen-bond donors (Lipinski definition) is 0. The third-order valence-corrected chi connectivity index (χ3v) is 6.71. The average molecular weight is 457 g/mol. The van der Waals surface area contributed by atoms with Gasteiger partial charge in [0.25, 0.3) is 11.5 Å². The third-order valence-electron chi connectivity index (χ3n) is 6.71. The van der Waals surface area contributed by atoms with Crippen LogP contribution in [0, 0.1) is 11.8 Å². The normalized spacial score (nSPS) is 22.8. The predicted molar refractivity (Wildman–Crippen MR) is 116 cm³/mol. The first-order chi connectivity index (χ1) is 15.7. The van der Waals surface area contributed by atoms with Gasteiger partial charge in [-0.05, 0) is 18.1 Å². The number of nitrogens with zero attached hydrogens (tertiary/aromatic N) is 5. The molecule has 1 unspecified atom stereocenters. The minimum atomic E-state index is -4.52. The summed E-state index contributed by atoms with van der Waals surface area (Å²) < 4.78 is 40.4. The lowest BCUT2D eigenvalue weighted by molar-refractivity contribution is -0.141. The molecule has 2 fully saturated rings. The zero-order valence-electron chi connectivity index (χ0n) is 17.9. The van der Waals surface area contributed by atoms with Crippen LogP contribution < -0.4 is 10.5 Å². The molecular formula is C23H22F3N5O2. The molecule has 2 aromatic heterocycles. The summed E-state index contributed by atoms with van der Waals surface area (Å²) >= 11 is 0. The molecule has 3 heterocycles. The van der Waals surface area contributed by atoms with Gasteiger partial charge in [0.1, 0.15) is 5.69 Å². The first kappa shape index (κ1) is 21.4. The van der Waals surface area contributed by atoms with Crippen molar-refractivity contribution in [3.05, 3.63) is 69.9 Å². The molecule has 0 radical (unpaired) electrons. The zero-order chi connectivity index (χ0) is 23.5. The molecule has 1 aliphatic heterocycles. The van der Waals surface area contributed by atoms with Crippen molar-refractivity contribution in [3.8, 4) is 0 Å². The van der Waals surface area contributed by atoms with Gasteiger partial charge < -0.3 is 14.4 Å². The molecule has 0 aromatic carbocycles. The SMILES string of the molecule is C=CCn1cc(C(=O)N(C)C2[C@H]3CN(c4nccc(C(F)(F)F)n4)C[C@@H]23)c2c(c1=O)CC=C2. The van der Waals surface area contributed by atoms with Crippen molar-refractivity contribution in [3.63, 3.8) is 0 Å². The predicted octanol–water partition coefficient (Wildman–Crippen LogP) is 2.62. The Labute approximate surface area is 187 Å². The van der Waals surface area contributed by atoms with Crippen LogP contribution in [0.4, 0.5) is 19.1 Å². The fourth-order valence-corrected chi connectivity index (χ4v) is 5.08. The van der Waals surface area contributed by atoms with Gasteiger partial charge in [-0.25, -0.2) is 9.97 Å². The standard InChI is InChI=1S/C23H22F3N5O2/c1-3-9-30-12-17(13-5-4-6-14(13)21(30)33)20(32)29(2)19-15-10-31(11-16(15)19)22-27-8-7-18(28-22)23(24,25)26/h3-5,7-8,12,15-16,19H,1,6,9-11H2,2H3/t15-,16+,19?. The molecule has 172 valence electrons. The van der Waals surface area contributed by atoms with E-state index in [1.807, 2.05) is 12.2 Å². The van der Waals surface area contributed by atoms with Gasteiger partial charge >= 0.3 is 6.18 Å². The molecule has 5 rings (SSSR count). The Morgan fingerprint density at radius 1 is 1.33 bits per heavy atom. The van der Waals surface area contributed by atoms with E-state index in [0.717, 1.165) is 12.3 Å². The van der Waals surface area contributed by atoms with Crippen LogP contribution in [0.15, 0.2) is 42.0 Å². The lowest BCUT2D eigenvalue weighted by Gasteiger charge is -2.25. The molecule has 0 spiro atoms. The Bertz CT molecular complexity index is 1220. The molecule has 2 aromatic rings. The summed E-state index contributed by atoms with van der Waals surface area (Å²) in [5.41, 5.74) is 0.676. The Morgan fingerprint density at radius 2 is 2.06 bits per heavy atom. The van der Waals surface area contributed by atoms with Gasteiger partial charge in [0.2, 0.25) is 5.95 Å². The maximum absolute atomic E-state index is 13.4. The van der Waals surface area contributed by atoms with E-state index in [4.69, 9.17) is 0 Å². The summed E-state index contributed by atoms with van der Waals surface area (Å²) in [6.07, 6.45) is 4.00. The van der Waals surface area contributed by atoms with Gasteiger partial charge in [0.15, 0.2) is 0 Å². The minimum Gasteiger partial charge on any atom is -0.340 e. The summed E-state index contributed by atoms with van der Waals surface area (Å²) in [5, 5.41) is 0. The van der Waals surface area contributed by atoms with Crippen molar-refractivity contribution >= 4 is 17.9 Å². The Balaban J connectivity index is 1.32. The topological polar surface area (TPSA) is 71.3 Å². The molecule has 33 heavy (non-hydrogen) atoms. The zero-order valence-corrected chi connectivity index (χ0v) is 17.9. The fraction of sp³-hybridized carbons (Fsp3) is 0.391. The van der Waals surface area contributed by atoms with Gasteiger partial charge in [-0.3, -0.25) is 9.59 Å². The summed E-state index contributed by atoms with van der Waals surface area (Å²) in [6.45, 7) is 4.97. The number of allylic oxidation sites excluding steroid dienone is 2. The molecule has 1 saturated carbocycles. The number of aromatic nitrogens is 3. The fourth-order valence-electron chi connectivity index (χ4n) is 5.08. The maximum atomic E-state index is 13.4. The van der Waals surface area contributed by atoms with Crippen LogP contribution in [0.5, 0.6) is 0 Å². The smallest absolute Gasteiger partial charge is 0.340 e. The second kappa shape index (κ2) is 7.57. The van der Waals surface area contributed by atoms with Crippen molar-refractivity contribution < 1.29 is 18.0 Å². The van der Waals surface area contributed by atoms with Crippen LogP contribution in [0.1, 0.15) is 27.2 Å². The largest absolute Gasteiger partial charge is 0.433 e. The number of piperidine rings is 1. The van der Waals surface area contributed by atoms with E-state index in [0.29, 0.717) is 42.7 Å². The second-order valence-corrected chi connectivity index (χ2v) is 8.67. The summed E-state index contributed by atoms with van der Waals surface area (Å²) in [5.74, 6) is 0.167. The van der Waals surface area contributed by atoms with E-state index in [-0.39, 0.29) is 35.3 Å². The number of anilines is 1. The molecule has 1 saturated heterocycles. The first-order valence-corrected chi connectivity index (χ1v) is 10.7. The number of hydrogen-bond acceptors (Lipinski definition) is 5. The molecule has 0 bridgehead atoms. The van der Waals surface area contributed by atoms with Crippen molar-refractivity contribution in [2.24, 2.45) is 11.8 Å². The molecule has 1 amide bonds. The molecule has 10 heteroatoms. The van der Waals surface area contributed by atoms with Crippen molar-refractivity contribution in [1.29, 1.82) is 0 Å². The van der Waals surface area contributed by atoms with Crippen LogP contribution in [0.2, 0.25) is 0 Å². The number of fused-ring (bicyclic) bond motifs is 2. The Hall–Kier alpha value is -3.43. The van der Waals surface area contributed by atoms with E-state index in [1.165, 1.54) is 4.57 Å². The second-order valence-electron chi connectivity index (χ2n) is 8.67. The number of amides is 1. The number of carbonyl (C=O) groups excluding carboxylic acids is 1. The van der Waals surface area contributed by atoms with Gasteiger partial charge in [0, 0.05) is 62.5 Å². The summed E-state index contributed by atoms with van der Waals surface area (Å²) in [7, 11) is 1.74. The highest BCUT2D eigenvalue weighted by molar-refractivity contribution is 5.98. The number of rotatable bonds is 5.